The molecule has 0 aliphatic heterocycles. The molecule has 3 nitrogen and oxygen atoms in total. The van der Waals surface area contributed by atoms with Crippen molar-refractivity contribution in [3.05, 3.63) is 24.4 Å². The number of nitrogens with two attached hydrogens (primary N) is 1. The van der Waals surface area contributed by atoms with Crippen LogP contribution in [-0.4, -0.2) is 9.55 Å². The normalized spacial score (nSPS) is 12.2. The molecule has 0 saturated heterocycles. The number of hydrogen-bond acceptors (Lipinski definition) is 2. The second kappa shape index (κ2) is 2.63. The van der Waals surface area contributed by atoms with Crippen LogP contribution in [0.2, 0.25) is 0 Å². The van der Waals surface area contributed by atoms with Crippen molar-refractivity contribution in [1.82, 2.24) is 9.55 Å². The van der Waals surface area contributed by atoms with E-state index >= 15 is 0 Å². The molecule has 0 amide bonds. The molecular weight excluding hydrogens is 195 g/mol. The molecular formula is C8H6F3N3. The Morgan fingerprint density at radius 1 is 1.21 bits per heavy atom. The number of rotatable bonds is 0. The van der Waals surface area contributed by atoms with E-state index < -0.39 is 6.30 Å². The number of alkyl halides is 3. The van der Waals surface area contributed by atoms with Gasteiger partial charge in [-0.15, -0.1) is 13.2 Å². The minimum Gasteiger partial charge on any atom is -0.384 e. The Labute approximate surface area is 77.0 Å². The van der Waals surface area contributed by atoms with E-state index in [0.29, 0.717) is 5.39 Å². The summed E-state index contributed by atoms with van der Waals surface area (Å²) in [5, 5.41) is 0.413. The third-order valence-corrected chi connectivity index (χ3v) is 1.83. The number of fused-ring (bicyclic) bond motifs is 1. The predicted octanol–water partition coefficient (Wildman–Crippen LogP) is 2.09. The maximum atomic E-state index is 12.4. The fourth-order valence-electron chi connectivity index (χ4n) is 1.23. The number of pyridine rings is 1. The van der Waals surface area contributed by atoms with Crippen molar-refractivity contribution in [1.29, 1.82) is 0 Å². The molecule has 0 spiro atoms. The van der Waals surface area contributed by atoms with E-state index in [0.717, 1.165) is 6.20 Å². The van der Waals surface area contributed by atoms with Gasteiger partial charge < -0.3 is 5.73 Å². The van der Waals surface area contributed by atoms with Gasteiger partial charge in [0.1, 0.15) is 11.5 Å². The minimum atomic E-state index is -4.46. The Bertz CT molecular complexity index is 472. The van der Waals surface area contributed by atoms with Gasteiger partial charge in [-0.1, -0.05) is 0 Å². The van der Waals surface area contributed by atoms with Crippen LogP contribution in [0.25, 0.3) is 11.0 Å². The number of halogens is 3. The summed E-state index contributed by atoms with van der Waals surface area (Å²) in [5.74, 6) is 0.0710. The summed E-state index contributed by atoms with van der Waals surface area (Å²) >= 11 is 0. The average Bonchev–Trinajstić information content (AvgIpc) is 2.45. The van der Waals surface area contributed by atoms with Crippen LogP contribution < -0.4 is 5.73 Å². The quantitative estimate of drug-likeness (QED) is 0.709. The molecule has 0 bridgehead atoms. The predicted molar refractivity (Wildman–Crippen MR) is 45.4 cm³/mol. The van der Waals surface area contributed by atoms with E-state index in [1.807, 2.05) is 0 Å². The molecule has 0 atom stereocenters. The number of hydrogen-bond donors (Lipinski definition) is 1. The Morgan fingerprint density at radius 2 is 1.93 bits per heavy atom. The summed E-state index contributed by atoms with van der Waals surface area (Å²) in [6, 6.07) is 4.30. The lowest BCUT2D eigenvalue weighted by Crippen LogP contribution is -2.15. The lowest BCUT2D eigenvalue weighted by atomic mass is 10.3. The molecule has 0 aromatic carbocycles. The van der Waals surface area contributed by atoms with E-state index in [2.05, 4.69) is 4.98 Å². The van der Waals surface area contributed by atoms with Crippen LogP contribution in [0, 0.1) is 0 Å². The molecule has 2 N–H and O–H groups in total. The lowest BCUT2D eigenvalue weighted by molar-refractivity contribution is -0.200. The van der Waals surface area contributed by atoms with Crippen molar-refractivity contribution in [3.63, 3.8) is 0 Å². The molecule has 2 aromatic heterocycles. The summed E-state index contributed by atoms with van der Waals surface area (Å²) in [6.45, 7) is 0. The van der Waals surface area contributed by atoms with E-state index in [1.165, 1.54) is 18.2 Å². The van der Waals surface area contributed by atoms with Crippen molar-refractivity contribution in [3.8, 4) is 0 Å². The zero-order valence-corrected chi connectivity index (χ0v) is 6.92. The van der Waals surface area contributed by atoms with Gasteiger partial charge >= 0.3 is 6.30 Å². The Balaban J connectivity index is 2.73. The van der Waals surface area contributed by atoms with Crippen molar-refractivity contribution in [2.24, 2.45) is 0 Å². The van der Waals surface area contributed by atoms with Gasteiger partial charge in [0.15, 0.2) is 0 Å². The lowest BCUT2D eigenvalue weighted by Gasteiger charge is -2.08. The number of anilines is 1. The molecule has 0 fully saturated rings. The van der Waals surface area contributed by atoms with E-state index in [1.54, 1.807) is 0 Å². The third-order valence-electron chi connectivity index (χ3n) is 1.83. The SMILES string of the molecule is Nc1ccc2ccn(C(F)(F)F)c2n1. The van der Waals surface area contributed by atoms with Crippen LogP contribution in [0.3, 0.4) is 0 Å². The molecule has 0 aliphatic rings. The largest absolute Gasteiger partial charge is 0.490 e. The molecule has 0 aliphatic carbocycles. The monoisotopic (exact) mass is 201 g/mol. The van der Waals surface area contributed by atoms with Crippen LogP contribution in [0.15, 0.2) is 24.4 Å². The highest BCUT2D eigenvalue weighted by Crippen LogP contribution is 2.27. The molecule has 0 saturated carbocycles. The fraction of sp³-hybridized carbons (Fsp3) is 0.125. The summed E-state index contributed by atoms with van der Waals surface area (Å²) in [5.41, 5.74) is 5.13. The van der Waals surface area contributed by atoms with Crippen LogP contribution in [0.4, 0.5) is 19.0 Å². The molecule has 0 radical (unpaired) electrons. The van der Waals surface area contributed by atoms with Crippen LogP contribution in [-0.2, 0) is 6.30 Å². The topological polar surface area (TPSA) is 43.8 Å². The first kappa shape index (κ1) is 8.86. The first-order valence-corrected chi connectivity index (χ1v) is 3.79. The second-order valence-electron chi connectivity index (χ2n) is 2.80. The van der Waals surface area contributed by atoms with E-state index in [4.69, 9.17) is 5.73 Å². The first-order valence-electron chi connectivity index (χ1n) is 3.79. The van der Waals surface area contributed by atoms with Gasteiger partial charge in [-0.2, -0.15) is 0 Å². The average molecular weight is 201 g/mol. The Kier molecular flexibility index (Phi) is 1.67. The van der Waals surface area contributed by atoms with Gasteiger partial charge in [0.05, 0.1) is 0 Å². The molecule has 6 heteroatoms. The van der Waals surface area contributed by atoms with Gasteiger partial charge in [-0.3, -0.25) is 0 Å². The maximum absolute atomic E-state index is 12.4. The molecule has 0 unspecified atom stereocenters. The summed E-state index contributed by atoms with van der Waals surface area (Å²) < 4.78 is 37.2. The smallest absolute Gasteiger partial charge is 0.384 e. The van der Waals surface area contributed by atoms with Crippen LogP contribution in [0.5, 0.6) is 0 Å². The summed E-state index contributed by atoms with van der Waals surface area (Å²) in [6.07, 6.45) is -3.53. The minimum absolute atomic E-state index is 0.0710. The maximum Gasteiger partial charge on any atom is 0.490 e. The summed E-state index contributed by atoms with van der Waals surface area (Å²) in [7, 11) is 0. The Morgan fingerprint density at radius 3 is 2.57 bits per heavy atom. The zero-order valence-electron chi connectivity index (χ0n) is 6.92. The van der Waals surface area contributed by atoms with Crippen molar-refractivity contribution < 1.29 is 13.2 Å². The highest BCUT2D eigenvalue weighted by atomic mass is 19.4. The van der Waals surface area contributed by atoms with Crippen LogP contribution >= 0.6 is 0 Å². The number of nitrogen functional groups attached to an aromatic ring is 1. The van der Waals surface area contributed by atoms with Gasteiger partial charge in [0.2, 0.25) is 0 Å². The molecule has 2 heterocycles. The van der Waals surface area contributed by atoms with Crippen molar-refractivity contribution in [2.45, 2.75) is 6.30 Å². The van der Waals surface area contributed by atoms with Gasteiger partial charge in [0, 0.05) is 11.6 Å². The van der Waals surface area contributed by atoms with E-state index in [-0.39, 0.29) is 16.0 Å². The highest BCUT2D eigenvalue weighted by molar-refractivity contribution is 5.77. The molecule has 2 rings (SSSR count). The first-order chi connectivity index (χ1) is 6.48. The summed E-state index contributed by atoms with van der Waals surface area (Å²) in [4.78, 5) is 3.62. The van der Waals surface area contributed by atoms with E-state index in [9.17, 15) is 13.2 Å². The second-order valence-corrected chi connectivity index (χ2v) is 2.80. The molecule has 14 heavy (non-hydrogen) atoms. The third kappa shape index (κ3) is 1.28. The van der Waals surface area contributed by atoms with Gasteiger partial charge in [-0.25, -0.2) is 9.55 Å². The standard InChI is InChI=1S/C8H6F3N3/c9-8(10,11)14-4-3-5-1-2-6(12)13-7(5)14/h1-4H,(H2,12,13). The van der Waals surface area contributed by atoms with Crippen molar-refractivity contribution in [2.75, 3.05) is 5.73 Å². The van der Waals surface area contributed by atoms with Gasteiger partial charge in [-0.05, 0) is 18.2 Å². The zero-order chi connectivity index (χ0) is 10.3. The highest BCUT2D eigenvalue weighted by Gasteiger charge is 2.31. The fourth-order valence-corrected chi connectivity index (χ4v) is 1.23. The molecule has 2 aromatic rings. The number of aromatic nitrogens is 2. The van der Waals surface area contributed by atoms with Crippen LogP contribution in [0.1, 0.15) is 0 Å². The number of nitrogens with zero attached hydrogens (tertiary/aromatic N) is 2. The Hall–Kier alpha value is -1.72. The van der Waals surface area contributed by atoms with Crippen molar-refractivity contribution >= 4 is 16.9 Å². The van der Waals surface area contributed by atoms with Gasteiger partial charge in [0.25, 0.3) is 0 Å². The molecule has 74 valence electrons.